The quantitative estimate of drug-likeness (QED) is 0.0188. The van der Waals surface area contributed by atoms with Gasteiger partial charge in [0.15, 0.2) is 11.6 Å². The van der Waals surface area contributed by atoms with Crippen molar-refractivity contribution in [2.24, 2.45) is 16.7 Å². The van der Waals surface area contributed by atoms with Crippen molar-refractivity contribution >= 4 is 118 Å². The number of hydrogen-bond acceptors (Lipinski definition) is 18. The summed E-state index contributed by atoms with van der Waals surface area (Å²) in [5.41, 5.74) is 7.14. The summed E-state index contributed by atoms with van der Waals surface area (Å²) < 4.78 is 43.0. The van der Waals surface area contributed by atoms with E-state index in [1.807, 2.05) is 173 Å². The molecule has 11 rings (SSSR count). The van der Waals surface area contributed by atoms with Crippen molar-refractivity contribution < 1.29 is 57.1 Å². The Hall–Kier alpha value is -6.64. The fraction of sp³-hybridized carbons (Fsp3) is 0.564. The van der Waals surface area contributed by atoms with Gasteiger partial charge in [0.2, 0.25) is 0 Å². The van der Waals surface area contributed by atoms with E-state index in [0.717, 1.165) is 67.0 Å². The largest absolute Gasteiger partial charge is 0.494 e. The number of nitrogens with one attached hydrogen (secondary N) is 2. The van der Waals surface area contributed by atoms with Crippen molar-refractivity contribution in [3.05, 3.63) is 131 Å². The predicted molar refractivity (Wildman–Crippen MR) is 463 cm³/mol. The molecule has 3 atom stereocenters. The maximum absolute atomic E-state index is 12.6. The summed E-state index contributed by atoms with van der Waals surface area (Å²) in [5.74, 6) is 7.04. The highest BCUT2D eigenvalue weighted by Crippen LogP contribution is 2.39. The van der Waals surface area contributed by atoms with E-state index in [4.69, 9.17) is 54.8 Å². The number of carboxylic acids is 1. The Balaban J connectivity index is 0. The number of nitrogens with zero attached hydrogens (tertiary/aromatic N) is 9. The van der Waals surface area contributed by atoms with E-state index >= 15 is 0 Å². The Bertz CT molecular complexity index is 3770. The van der Waals surface area contributed by atoms with Crippen LogP contribution in [0.25, 0.3) is 22.8 Å². The van der Waals surface area contributed by atoms with Crippen LogP contribution in [0.2, 0.25) is 6.82 Å². The third-order valence-electron chi connectivity index (χ3n) is 17.0. The van der Waals surface area contributed by atoms with Gasteiger partial charge in [-0.25, -0.2) is 29.1 Å². The van der Waals surface area contributed by atoms with Gasteiger partial charge in [0, 0.05) is 47.0 Å². The molecule has 6 aromatic rings. The maximum atomic E-state index is 12.6. The number of aliphatic carboxylic acids is 1. The fourth-order valence-corrected chi connectivity index (χ4v) is 11.7. The minimum absolute atomic E-state index is 0. The number of ether oxygens (including phenoxy) is 3. The smallest absolute Gasteiger partial charge is 0.480 e. The SMILES string of the molecule is C.C.C.C.C.C.C.CB1OC(C)(C)C(C)(C)O1.CC(C)(C)OC(=O)N1CCC[C@H]1C(=O)O.CC(C)(C)OC(=O)N1CCC[C@H]1c1nc(-c2ccc(B3OC(C)(C)C(C)(C)O3)cc2)n[nH]1.CC(C)(C)OC(=O)N1CCC[C@H]1c1nc(-c2ccc(I)cc2)n[nH]1.N#Cc1ccc(I)cc1.NN=C(N)c1ccc(I)cc1. The standard InChI is InChI=1S/C23H33BN4O4.C17H21IN4O2.C10H17NO4.C7H15BO2.C7H8IN3.C7H4IN.7CH4/c1-21(2,3)30-20(29)28-14-8-9-17(28)19-25-18(26-27-19)15-10-12-16(13-11-15)24-31-22(4,5)23(6,7)32-24;1-17(2,3)24-16(23)22-10-4-5-13(22)15-19-14(20-21-15)11-6-8-12(18)9-7-11;1-10(2,3)15-9(14)11-6-4-5-7(11)8(12)13;1-6(2)7(3,4)10-8(5)9-6;8-6-3-1-5(2-4-6)7(9)11-10;8-7-3-1-6(5-9)2-4-7;;;;;;;/h10-13,17H,8-9,14H2,1-7H3,(H,25,26,27);6-9,13H,4-5,10H2,1-3H3,(H,19,20,21);7H,4-6H2,1-3H3,(H,12,13);1-5H3;1-4H,10H2,(H2,9,11);1-4H;7*1H4/t17-;13-;7-;;;;;;;;;;/m000........../s1. The van der Waals surface area contributed by atoms with Crippen LogP contribution in [0.3, 0.4) is 0 Å². The number of benzene rings is 4. The number of halogens is 3. The molecular formula is C78H126B2I3N13O12. The van der Waals surface area contributed by atoms with Crippen LogP contribution in [0, 0.1) is 22.0 Å². The summed E-state index contributed by atoms with van der Waals surface area (Å²) in [7, 11) is -0.470. The van der Waals surface area contributed by atoms with Crippen LogP contribution in [0.4, 0.5) is 14.4 Å². The lowest BCUT2D eigenvalue weighted by molar-refractivity contribution is -0.142. The second kappa shape index (κ2) is 43.8. The number of hydrazone groups is 1. The number of carbonyl (C=O) groups is 4. The third kappa shape index (κ3) is 30.2. The molecule has 0 unspecified atom stereocenters. The molecular weight excluding hydrogens is 1710 g/mol. The van der Waals surface area contributed by atoms with Gasteiger partial charge in [0.25, 0.3) is 0 Å². The zero-order valence-corrected chi connectivity index (χ0v) is 67.7. The highest BCUT2D eigenvalue weighted by Gasteiger charge is 2.52. The number of hydrogen-bond donors (Lipinski definition) is 5. The second-order valence-electron chi connectivity index (χ2n) is 29.6. The van der Waals surface area contributed by atoms with Gasteiger partial charge in [-0.15, -0.1) is 0 Å². The molecule has 5 aliphatic rings. The van der Waals surface area contributed by atoms with Crippen LogP contribution >= 0.6 is 67.8 Å². The lowest BCUT2D eigenvalue weighted by Crippen LogP contribution is -2.43. The monoisotopic (exact) mass is 1840 g/mol. The number of aromatic nitrogens is 6. The number of amides is 3. The highest BCUT2D eigenvalue weighted by atomic mass is 127. The molecule has 3 amide bonds. The predicted octanol–water partition coefficient (Wildman–Crippen LogP) is 18.7. The number of rotatable bonds is 7. The summed E-state index contributed by atoms with van der Waals surface area (Å²) >= 11 is 6.69. The van der Waals surface area contributed by atoms with E-state index in [1.54, 1.807) is 30.6 Å². The number of nitriles is 1. The number of carbonyl (C=O) groups excluding carboxylic acids is 3. The van der Waals surface area contributed by atoms with Gasteiger partial charge in [-0.05, 0) is 285 Å². The first kappa shape index (κ1) is 103. The van der Waals surface area contributed by atoms with Crippen molar-refractivity contribution in [1.29, 1.82) is 5.26 Å². The molecule has 5 fully saturated rings. The molecule has 4 aromatic carbocycles. The Morgan fingerprint density at radius 3 is 1.20 bits per heavy atom. The van der Waals surface area contributed by atoms with Crippen LogP contribution in [0.15, 0.2) is 102 Å². The van der Waals surface area contributed by atoms with E-state index in [9.17, 15) is 19.2 Å². The molecule has 602 valence electrons. The van der Waals surface area contributed by atoms with Crippen molar-refractivity contribution in [1.82, 2.24) is 45.1 Å². The summed E-state index contributed by atoms with van der Waals surface area (Å²) in [6.07, 6.45) is 3.61. The Labute approximate surface area is 687 Å². The molecule has 0 saturated carbocycles. The molecule has 0 spiro atoms. The minimum Gasteiger partial charge on any atom is -0.480 e. The summed E-state index contributed by atoms with van der Waals surface area (Å²) in [4.78, 5) is 61.5. The summed E-state index contributed by atoms with van der Waals surface area (Å²) in [5, 5.41) is 35.4. The number of amidine groups is 1. The zero-order valence-electron chi connectivity index (χ0n) is 61.2. The lowest BCUT2D eigenvalue weighted by atomic mass is 9.79. The number of H-pyrrole nitrogens is 2. The van der Waals surface area contributed by atoms with E-state index < -0.39 is 42.0 Å². The lowest BCUT2D eigenvalue weighted by Gasteiger charge is -2.32. The van der Waals surface area contributed by atoms with Gasteiger partial charge < -0.3 is 49.5 Å². The van der Waals surface area contributed by atoms with Crippen LogP contribution in [-0.2, 0) is 37.6 Å². The number of nitrogens with two attached hydrogens (primary N) is 2. The highest BCUT2D eigenvalue weighted by molar-refractivity contribution is 14.1. The van der Waals surface area contributed by atoms with E-state index in [1.165, 1.54) is 8.47 Å². The van der Waals surface area contributed by atoms with Crippen LogP contribution in [-0.4, -0.2) is 159 Å². The average Bonchev–Trinajstić information content (AvgIpc) is 1.64. The molecule has 0 bridgehead atoms. The van der Waals surface area contributed by atoms with Crippen LogP contribution in [0.1, 0.15) is 243 Å². The number of likely N-dealkylation sites (tertiary alicyclic amines) is 3. The molecule has 30 heteroatoms. The van der Waals surface area contributed by atoms with Gasteiger partial charge in [-0.1, -0.05) is 101 Å². The molecule has 7 N–H and O–H groups in total. The Morgan fingerprint density at radius 1 is 0.546 bits per heavy atom. The number of aromatic amines is 2. The van der Waals surface area contributed by atoms with Crippen molar-refractivity contribution in [3.63, 3.8) is 0 Å². The first-order valence-electron chi connectivity index (χ1n) is 33.5. The van der Waals surface area contributed by atoms with Crippen molar-refractivity contribution in [2.75, 3.05) is 19.6 Å². The zero-order chi connectivity index (χ0) is 75.2. The van der Waals surface area contributed by atoms with Crippen molar-refractivity contribution in [3.8, 4) is 28.8 Å². The number of carboxylic acid groups (broad SMARTS) is 1. The maximum Gasteiger partial charge on any atom is 0.494 e. The van der Waals surface area contributed by atoms with Gasteiger partial charge in [0.1, 0.15) is 40.3 Å². The molecule has 5 aliphatic heterocycles. The van der Waals surface area contributed by atoms with Crippen molar-refractivity contribution in [2.45, 2.75) is 272 Å². The van der Waals surface area contributed by atoms with E-state index in [0.29, 0.717) is 55.2 Å². The normalized spacial score (nSPS) is 18.2. The van der Waals surface area contributed by atoms with Gasteiger partial charge >= 0.3 is 38.5 Å². The van der Waals surface area contributed by atoms with E-state index in [2.05, 4.69) is 137 Å². The molecule has 0 radical (unpaired) electrons. The summed E-state index contributed by atoms with van der Waals surface area (Å²) in [6.45, 7) is 36.6. The fourth-order valence-electron chi connectivity index (χ4n) is 10.6. The van der Waals surface area contributed by atoms with E-state index in [-0.39, 0.29) is 106 Å². The Morgan fingerprint density at radius 2 is 0.870 bits per heavy atom. The van der Waals surface area contributed by atoms with Crippen LogP contribution < -0.4 is 17.0 Å². The first-order valence-corrected chi connectivity index (χ1v) is 36.7. The Kier molecular flexibility index (Phi) is 42.0. The molecule has 0 aliphatic carbocycles. The topological polar surface area (TPSA) is 334 Å². The average molecular weight is 1840 g/mol. The van der Waals surface area contributed by atoms with Gasteiger partial charge in [0.05, 0.1) is 46.1 Å². The molecule has 2 aromatic heterocycles. The van der Waals surface area contributed by atoms with Gasteiger partial charge in [-0.2, -0.15) is 20.6 Å². The first-order chi connectivity index (χ1) is 46.9. The second-order valence-corrected chi connectivity index (χ2v) is 33.3. The molecule has 5 saturated heterocycles. The summed E-state index contributed by atoms with van der Waals surface area (Å²) in [6, 6.07) is 32.1. The third-order valence-corrected chi connectivity index (χ3v) is 19.1. The molecule has 108 heavy (non-hydrogen) atoms. The molecule has 25 nitrogen and oxygen atoms in total. The van der Waals surface area contributed by atoms with Gasteiger partial charge in [-0.3, -0.25) is 24.9 Å². The van der Waals surface area contributed by atoms with Crippen LogP contribution in [0.5, 0.6) is 0 Å². The molecule has 7 heterocycles. The minimum atomic E-state index is -0.960.